The van der Waals surface area contributed by atoms with Crippen LogP contribution in [0.15, 0.2) is 72.2 Å². The van der Waals surface area contributed by atoms with E-state index in [0.29, 0.717) is 29.3 Å². The zero-order valence-electron chi connectivity index (χ0n) is 27.8. The number of benzene rings is 2. The lowest BCUT2D eigenvalue weighted by Gasteiger charge is -2.44. The quantitative estimate of drug-likeness (QED) is 0.134. The number of methoxy groups -OCH3 is 1. The fraction of sp³-hybridized carbons (Fsp3) is 0.487. The average Bonchev–Trinajstić information content (AvgIpc) is 3.23. The minimum absolute atomic E-state index is 0.00662. The Morgan fingerprint density at radius 3 is 2.75 bits per heavy atom. The molecule has 7 nitrogen and oxygen atoms in total. The monoisotopic (exact) mass is 685 g/mol. The van der Waals surface area contributed by atoms with Crippen LogP contribution >= 0.6 is 23.4 Å². The van der Waals surface area contributed by atoms with E-state index in [1.54, 1.807) is 30.2 Å². The Balaban J connectivity index is 1.10. The SMILES string of the molecule is COC(=O)c1ccc2c(c1)N(C[C@@H]1CC[C@H]1C(=O)/C=C/[C@@H]1CCC[C@H](Sc3ncccn3)[C@H]1C)C[C@@]1(CCCc3cc(Cl)ccc31)CO2. The first-order chi connectivity index (χ1) is 23.3. The Morgan fingerprint density at radius 1 is 1.10 bits per heavy atom. The fourth-order valence-corrected chi connectivity index (χ4v) is 9.83. The number of ketones is 1. The highest BCUT2D eigenvalue weighted by Gasteiger charge is 2.44. The van der Waals surface area contributed by atoms with Crippen LogP contribution in [0.4, 0.5) is 5.69 Å². The lowest BCUT2D eigenvalue weighted by Crippen LogP contribution is -2.49. The molecule has 3 aliphatic carbocycles. The van der Waals surface area contributed by atoms with E-state index in [4.69, 9.17) is 21.1 Å². The van der Waals surface area contributed by atoms with Crippen LogP contribution in [-0.4, -0.2) is 53.8 Å². The van der Waals surface area contributed by atoms with Crippen LogP contribution < -0.4 is 9.64 Å². The summed E-state index contributed by atoms with van der Waals surface area (Å²) >= 11 is 8.20. The molecule has 6 atom stereocenters. The van der Waals surface area contributed by atoms with Crippen molar-refractivity contribution in [2.45, 2.75) is 74.1 Å². The van der Waals surface area contributed by atoms with Gasteiger partial charge in [0.25, 0.3) is 0 Å². The van der Waals surface area contributed by atoms with Crippen molar-refractivity contribution >= 4 is 40.8 Å². The van der Waals surface area contributed by atoms with Gasteiger partial charge in [0, 0.05) is 47.1 Å². The molecule has 2 fully saturated rings. The highest BCUT2D eigenvalue weighted by Crippen LogP contribution is 2.47. The third kappa shape index (κ3) is 6.75. The van der Waals surface area contributed by atoms with Gasteiger partial charge in [0.1, 0.15) is 5.75 Å². The molecule has 0 amide bonds. The molecular formula is C39H44ClN3O4S. The number of rotatable bonds is 8. The number of hydrogen-bond acceptors (Lipinski definition) is 8. The van der Waals surface area contributed by atoms with Gasteiger partial charge in [-0.25, -0.2) is 14.8 Å². The van der Waals surface area contributed by atoms with Crippen LogP contribution in [0.25, 0.3) is 0 Å². The number of aryl methyl sites for hydroxylation is 1. The number of esters is 1. The molecule has 1 aliphatic heterocycles. The van der Waals surface area contributed by atoms with Crippen LogP contribution in [0.3, 0.4) is 0 Å². The van der Waals surface area contributed by atoms with Crippen molar-refractivity contribution in [3.63, 3.8) is 0 Å². The van der Waals surface area contributed by atoms with Crippen LogP contribution in [0.2, 0.25) is 5.02 Å². The number of carbonyl (C=O) groups is 2. The van der Waals surface area contributed by atoms with Crippen molar-refractivity contribution in [1.82, 2.24) is 9.97 Å². The topological polar surface area (TPSA) is 81.6 Å². The summed E-state index contributed by atoms with van der Waals surface area (Å²) in [6, 6.07) is 13.7. The van der Waals surface area contributed by atoms with Gasteiger partial charge in [-0.15, -0.1) is 0 Å². The number of thioether (sulfide) groups is 1. The molecule has 1 spiro atoms. The molecule has 252 valence electrons. The molecule has 7 rings (SSSR count). The smallest absolute Gasteiger partial charge is 0.337 e. The molecule has 48 heavy (non-hydrogen) atoms. The van der Waals surface area contributed by atoms with Gasteiger partial charge in [0.2, 0.25) is 0 Å². The number of anilines is 1. The molecule has 2 aromatic carbocycles. The summed E-state index contributed by atoms with van der Waals surface area (Å²) in [6.45, 7) is 4.33. The van der Waals surface area contributed by atoms with Crippen molar-refractivity contribution in [3.05, 3.63) is 88.7 Å². The molecule has 2 heterocycles. The van der Waals surface area contributed by atoms with E-state index in [1.165, 1.54) is 18.2 Å². The lowest BCUT2D eigenvalue weighted by atomic mass is 9.68. The summed E-state index contributed by atoms with van der Waals surface area (Å²) in [6.07, 6.45) is 16.0. The Morgan fingerprint density at radius 2 is 1.96 bits per heavy atom. The third-order valence-corrected chi connectivity index (χ3v) is 12.9. The van der Waals surface area contributed by atoms with Crippen molar-refractivity contribution in [3.8, 4) is 5.75 Å². The van der Waals surface area contributed by atoms with Crippen LogP contribution in [0.1, 0.15) is 73.4 Å². The summed E-state index contributed by atoms with van der Waals surface area (Å²) in [5, 5.41) is 2.03. The zero-order valence-corrected chi connectivity index (χ0v) is 29.3. The van der Waals surface area contributed by atoms with Crippen molar-refractivity contribution in [2.75, 3.05) is 31.7 Å². The molecule has 0 N–H and O–H groups in total. The van der Waals surface area contributed by atoms with Gasteiger partial charge in [-0.3, -0.25) is 4.79 Å². The number of allylic oxidation sites excluding steroid dienone is 2. The fourth-order valence-electron chi connectivity index (χ4n) is 8.42. The standard InChI is InChI=1S/C39H44ClN3O4S/c1-25-26(6-3-8-36(25)48-38-41-18-5-19-42-38)10-15-34(44)31-13-9-29(31)22-43-23-39(17-4-7-27-20-30(40)12-14-32(27)39)24-47-35-16-11-28(21-33(35)43)37(45)46-2/h5,10-12,14-16,18-21,25-26,29,31,36H,3-4,6-9,13,17,22-24H2,1-2H3/b15-10+/t25-,26-,29-,31+,36-,39-/m0/s1. The summed E-state index contributed by atoms with van der Waals surface area (Å²) in [4.78, 5) is 37.6. The second-order valence-corrected chi connectivity index (χ2v) is 15.8. The van der Waals surface area contributed by atoms with Gasteiger partial charge >= 0.3 is 5.97 Å². The third-order valence-electron chi connectivity index (χ3n) is 11.3. The highest BCUT2D eigenvalue weighted by atomic mass is 35.5. The Hall–Kier alpha value is -3.36. The lowest BCUT2D eigenvalue weighted by molar-refractivity contribution is -0.122. The molecule has 0 saturated heterocycles. The predicted octanol–water partition coefficient (Wildman–Crippen LogP) is 8.14. The average molecular weight is 686 g/mol. The normalized spacial score (nSPS) is 28.1. The molecule has 1 aromatic heterocycles. The maximum Gasteiger partial charge on any atom is 0.337 e. The van der Waals surface area contributed by atoms with Crippen molar-refractivity contribution in [2.24, 2.45) is 23.7 Å². The second kappa shape index (κ2) is 14.2. The summed E-state index contributed by atoms with van der Waals surface area (Å²) in [5.74, 6) is 1.66. The van der Waals surface area contributed by atoms with Crippen molar-refractivity contribution in [1.29, 1.82) is 0 Å². The van der Waals surface area contributed by atoms with Crippen LogP contribution in [0, 0.1) is 23.7 Å². The molecule has 9 heteroatoms. The highest BCUT2D eigenvalue weighted by molar-refractivity contribution is 7.99. The number of nitrogens with zero attached hydrogens (tertiary/aromatic N) is 3. The second-order valence-electron chi connectivity index (χ2n) is 14.1. The van der Waals surface area contributed by atoms with Crippen molar-refractivity contribution < 1.29 is 19.1 Å². The van der Waals surface area contributed by atoms with E-state index < -0.39 is 0 Å². The predicted molar refractivity (Wildman–Crippen MR) is 190 cm³/mol. The minimum Gasteiger partial charge on any atom is -0.490 e. The van der Waals surface area contributed by atoms with Gasteiger partial charge in [0.05, 0.1) is 25.0 Å². The first kappa shape index (κ1) is 33.2. The van der Waals surface area contributed by atoms with Gasteiger partial charge in [-0.2, -0.15) is 0 Å². The van der Waals surface area contributed by atoms with E-state index >= 15 is 0 Å². The van der Waals surface area contributed by atoms with E-state index in [1.807, 2.05) is 30.3 Å². The molecule has 0 radical (unpaired) electrons. The molecule has 0 unspecified atom stereocenters. The number of halogens is 1. The Labute approximate surface area is 292 Å². The van der Waals surface area contributed by atoms with E-state index in [2.05, 4.69) is 40.0 Å². The van der Waals surface area contributed by atoms with Gasteiger partial charge in [-0.05, 0) is 116 Å². The first-order valence-electron chi connectivity index (χ1n) is 17.4. The number of aromatic nitrogens is 2. The molecule has 0 bridgehead atoms. The maximum absolute atomic E-state index is 13.8. The first-order valence-corrected chi connectivity index (χ1v) is 18.6. The minimum atomic E-state index is -0.370. The summed E-state index contributed by atoms with van der Waals surface area (Å²) in [5.41, 5.74) is 3.76. The van der Waals surface area contributed by atoms with Crippen LogP contribution in [0.5, 0.6) is 5.75 Å². The number of hydrogen-bond donors (Lipinski definition) is 0. The number of carbonyl (C=O) groups excluding carboxylic acids is 2. The van der Waals surface area contributed by atoms with E-state index in [9.17, 15) is 9.59 Å². The Kier molecular flexibility index (Phi) is 9.84. The van der Waals surface area contributed by atoms with Gasteiger partial charge < -0.3 is 14.4 Å². The maximum atomic E-state index is 13.8. The van der Waals surface area contributed by atoms with Crippen LogP contribution in [-0.2, 0) is 21.4 Å². The summed E-state index contributed by atoms with van der Waals surface area (Å²) in [7, 11) is 1.41. The largest absolute Gasteiger partial charge is 0.490 e. The molecule has 2 saturated carbocycles. The van der Waals surface area contributed by atoms with Gasteiger partial charge in [-0.1, -0.05) is 48.8 Å². The van der Waals surface area contributed by atoms with E-state index in [-0.39, 0.29) is 29.0 Å². The summed E-state index contributed by atoms with van der Waals surface area (Å²) < 4.78 is 11.7. The number of ether oxygens (including phenoxy) is 2. The molecular weight excluding hydrogens is 642 g/mol. The zero-order chi connectivity index (χ0) is 33.3. The Bertz CT molecular complexity index is 1680. The van der Waals surface area contributed by atoms with E-state index in [0.717, 1.165) is 86.1 Å². The van der Waals surface area contributed by atoms with Gasteiger partial charge in [0.15, 0.2) is 10.9 Å². The molecule has 4 aliphatic rings. The number of fused-ring (bicyclic) bond motifs is 3. The molecule has 3 aromatic rings.